The minimum absolute atomic E-state index is 0.114. The third kappa shape index (κ3) is 2.95. The summed E-state index contributed by atoms with van der Waals surface area (Å²) in [4.78, 5) is 0.216. The van der Waals surface area contributed by atoms with E-state index in [-0.39, 0.29) is 17.1 Å². The van der Waals surface area contributed by atoms with Gasteiger partial charge in [-0.3, -0.25) is 0 Å². The molecule has 5 nitrogen and oxygen atoms in total. The highest BCUT2D eigenvalue weighted by Gasteiger charge is 2.31. The lowest BCUT2D eigenvalue weighted by atomic mass is 10.2. The van der Waals surface area contributed by atoms with Gasteiger partial charge >= 0.3 is 0 Å². The Bertz CT molecular complexity index is 579. The van der Waals surface area contributed by atoms with Crippen molar-refractivity contribution in [2.24, 2.45) is 0 Å². The van der Waals surface area contributed by atoms with Crippen molar-refractivity contribution in [2.45, 2.75) is 31.0 Å². The highest BCUT2D eigenvalue weighted by molar-refractivity contribution is 7.89. The highest BCUT2D eigenvalue weighted by Crippen LogP contribution is 2.21. The van der Waals surface area contributed by atoms with E-state index in [1.165, 1.54) is 28.6 Å². The SMILES string of the molecule is C[C@@H]1CN(S(=O)(=O)c2ccc(C#N)cc2)C[C@@H](C)O1. The summed E-state index contributed by atoms with van der Waals surface area (Å²) in [6, 6.07) is 7.94. The van der Waals surface area contributed by atoms with Gasteiger partial charge in [-0.05, 0) is 38.1 Å². The molecular formula is C13H16N2O3S. The predicted molar refractivity (Wildman–Crippen MR) is 69.9 cm³/mol. The van der Waals surface area contributed by atoms with Crippen LogP contribution < -0.4 is 0 Å². The van der Waals surface area contributed by atoms with E-state index in [0.717, 1.165) is 0 Å². The molecule has 1 aliphatic heterocycles. The molecule has 1 aromatic rings. The number of sulfonamides is 1. The first-order chi connectivity index (χ1) is 8.93. The van der Waals surface area contributed by atoms with E-state index >= 15 is 0 Å². The average molecular weight is 280 g/mol. The first-order valence-corrected chi connectivity index (χ1v) is 7.53. The maximum atomic E-state index is 12.5. The molecule has 0 spiro atoms. The molecule has 0 amide bonds. The Hall–Kier alpha value is -1.42. The fourth-order valence-electron chi connectivity index (χ4n) is 2.18. The van der Waals surface area contributed by atoms with Gasteiger partial charge in [0.2, 0.25) is 10.0 Å². The Morgan fingerprint density at radius 2 is 1.74 bits per heavy atom. The predicted octanol–water partition coefficient (Wildman–Crippen LogP) is 1.36. The summed E-state index contributed by atoms with van der Waals surface area (Å²) >= 11 is 0. The molecule has 1 aliphatic rings. The number of hydrogen-bond acceptors (Lipinski definition) is 4. The van der Waals surface area contributed by atoms with E-state index in [1.54, 1.807) is 0 Å². The maximum Gasteiger partial charge on any atom is 0.243 e. The van der Waals surface area contributed by atoms with E-state index in [0.29, 0.717) is 18.7 Å². The normalized spacial score (nSPS) is 24.9. The monoisotopic (exact) mass is 280 g/mol. The number of benzene rings is 1. The Balaban J connectivity index is 2.28. The molecule has 0 radical (unpaired) electrons. The Morgan fingerprint density at radius 1 is 1.21 bits per heavy atom. The van der Waals surface area contributed by atoms with Gasteiger partial charge in [0.15, 0.2) is 0 Å². The molecule has 0 aromatic heterocycles. The lowest BCUT2D eigenvalue weighted by Gasteiger charge is -2.34. The van der Waals surface area contributed by atoms with Crippen molar-refractivity contribution in [3.63, 3.8) is 0 Å². The second-order valence-electron chi connectivity index (χ2n) is 4.72. The number of rotatable bonds is 2. The van der Waals surface area contributed by atoms with E-state index < -0.39 is 10.0 Å². The third-order valence-electron chi connectivity index (χ3n) is 3.01. The molecule has 6 heteroatoms. The van der Waals surface area contributed by atoms with Crippen molar-refractivity contribution in [3.8, 4) is 6.07 Å². The van der Waals surface area contributed by atoms with Crippen LogP contribution in [0.2, 0.25) is 0 Å². The number of nitrogens with zero attached hydrogens (tertiary/aromatic N) is 2. The van der Waals surface area contributed by atoms with Crippen molar-refractivity contribution in [1.29, 1.82) is 5.26 Å². The molecule has 0 N–H and O–H groups in total. The van der Waals surface area contributed by atoms with E-state index in [2.05, 4.69) is 0 Å². The van der Waals surface area contributed by atoms with Crippen LogP contribution in [0.4, 0.5) is 0 Å². The summed E-state index contributed by atoms with van der Waals surface area (Å²) in [6.45, 7) is 4.42. The van der Waals surface area contributed by atoms with Gasteiger partial charge in [-0.25, -0.2) is 8.42 Å². The minimum atomic E-state index is -3.51. The Kier molecular flexibility index (Phi) is 3.90. The third-order valence-corrected chi connectivity index (χ3v) is 4.85. The smallest absolute Gasteiger partial charge is 0.243 e. The molecule has 1 aromatic carbocycles. The van der Waals surface area contributed by atoms with Crippen LogP contribution in [0, 0.1) is 11.3 Å². The quantitative estimate of drug-likeness (QED) is 0.820. The zero-order valence-corrected chi connectivity index (χ0v) is 11.7. The van der Waals surface area contributed by atoms with Crippen LogP contribution in [0.5, 0.6) is 0 Å². The number of ether oxygens (including phenoxy) is 1. The molecule has 0 unspecified atom stereocenters. The molecule has 0 aliphatic carbocycles. The van der Waals surface area contributed by atoms with Gasteiger partial charge in [-0.1, -0.05) is 0 Å². The molecule has 1 heterocycles. The zero-order chi connectivity index (χ0) is 14.0. The van der Waals surface area contributed by atoms with Crippen LogP contribution in [0.25, 0.3) is 0 Å². The van der Waals surface area contributed by atoms with Crippen LogP contribution >= 0.6 is 0 Å². The van der Waals surface area contributed by atoms with Crippen molar-refractivity contribution in [2.75, 3.05) is 13.1 Å². The summed E-state index contributed by atoms with van der Waals surface area (Å²) in [6.07, 6.45) is -0.228. The van der Waals surface area contributed by atoms with Crippen molar-refractivity contribution >= 4 is 10.0 Å². The van der Waals surface area contributed by atoms with Gasteiger partial charge in [0, 0.05) is 13.1 Å². The van der Waals surface area contributed by atoms with Crippen molar-refractivity contribution < 1.29 is 13.2 Å². The second-order valence-corrected chi connectivity index (χ2v) is 6.65. The van der Waals surface area contributed by atoms with Gasteiger partial charge in [0.25, 0.3) is 0 Å². The van der Waals surface area contributed by atoms with Gasteiger partial charge in [0.05, 0.1) is 28.7 Å². The van der Waals surface area contributed by atoms with E-state index in [9.17, 15) is 8.42 Å². The molecule has 1 saturated heterocycles. The Labute approximate surface area is 113 Å². The average Bonchev–Trinajstić information content (AvgIpc) is 2.37. The largest absolute Gasteiger partial charge is 0.373 e. The van der Waals surface area contributed by atoms with Crippen molar-refractivity contribution in [3.05, 3.63) is 29.8 Å². The fraction of sp³-hybridized carbons (Fsp3) is 0.462. The summed E-state index contributed by atoms with van der Waals surface area (Å²) in [5.41, 5.74) is 0.447. The highest BCUT2D eigenvalue weighted by atomic mass is 32.2. The molecule has 102 valence electrons. The first-order valence-electron chi connectivity index (χ1n) is 6.09. The van der Waals surface area contributed by atoms with E-state index in [4.69, 9.17) is 10.00 Å². The molecular weight excluding hydrogens is 264 g/mol. The molecule has 0 saturated carbocycles. The second kappa shape index (κ2) is 5.29. The number of morpholine rings is 1. The lowest BCUT2D eigenvalue weighted by Crippen LogP contribution is -2.48. The molecule has 0 bridgehead atoms. The van der Waals surface area contributed by atoms with Gasteiger partial charge < -0.3 is 4.74 Å². The summed E-state index contributed by atoms with van der Waals surface area (Å²) in [5, 5.41) is 8.72. The van der Waals surface area contributed by atoms with Crippen molar-refractivity contribution in [1.82, 2.24) is 4.31 Å². The van der Waals surface area contributed by atoms with Crippen LogP contribution in [0.1, 0.15) is 19.4 Å². The molecule has 2 rings (SSSR count). The van der Waals surface area contributed by atoms with Crippen LogP contribution in [-0.2, 0) is 14.8 Å². The van der Waals surface area contributed by atoms with Crippen LogP contribution in [-0.4, -0.2) is 38.0 Å². The minimum Gasteiger partial charge on any atom is -0.373 e. The molecule has 19 heavy (non-hydrogen) atoms. The summed E-state index contributed by atoms with van der Waals surface area (Å²) in [5.74, 6) is 0. The van der Waals surface area contributed by atoms with Crippen LogP contribution in [0.15, 0.2) is 29.2 Å². The standard InChI is InChI=1S/C13H16N2O3S/c1-10-8-15(9-11(2)18-10)19(16,17)13-5-3-12(7-14)4-6-13/h3-6,10-11H,8-9H2,1-2H3/t10-,11-/m1/s1. The van der Waals surface area contributed by atoms with Gasteiger partial charge in [-0.2, -0.15) is 9.57 Å². The maximum absolute atomic E-state index is 12.5. The number of hydrogen-bond donors (Lipinski definition) is 0. The molecule has 2 atom stereocenters. The zero-order valence-electron chi connectivity index (χ0n) is 10.9. The summed E-state index contributed by atoms with van der Waals surface area (Å²) in [7, 11) is -3.51. The topological polar surface area (TPSA) is 70.4 Å². The van der Waals surface area contributed by atoms with Gasteiger partial charge in [0.1, 0.15) is 0 Å². The Morgan fingerprint density at radius 3 is 2.21 bits per heavy atom. The number of nitriles is 1. The van der Waals surface area contributed by atoms with Crippen LogP contribution in [0.3, 0.4) is 0 Å². The van der Waals surface area contributed by atoms with E-state index in [1.807, 2.05) is 19.9 Å². The fourth-order valence-corrected chi connectivity index (χ4v) is 3.77. The van der Waals surface area contributed by atoms with Gasteiger partial charge in [-0.15, -0.1) is 0 Å². The lowest BCUT2D eigenvalue weighted by molar-refractivity contribution is -0.0440. The summed E-state index contributed by atoms with van der Waals surface area (Å²) < 4.78 is 31.9. The first kappa shape index (κ1) is 14.0. The molecule has 1 fully saturated rings.